The molecule has 0 aliphatic heterocycles. The Labute approximate surface area is 157 Å². The highest BCUT2D eigenvalue weighted by molar-refractivity contribution is 6.05. The Bertz CT molecular complexity index is 1050. The van der Waals surface area contributed by atoms with Gasteiger partial charge in [-0.3, -0.25) is 4.79 Å². The molecule has 2 aromatic carbocycles. The Morgan fingerprint density at radius 2 is 1.81 bits per heavy atom. The number of hydrogen-bond donors (Lipinski definition) is 1. The molecule has 0 saturated carbocycles. The van der Waals surface area contributed by atoms with Crippen LogP contribution in [0.3, 0.4) is 0 Å². The third-order valence-electron chi connectivity index (χ3n) is 5.01. The molecule has 136 valence electrons. The molecule has 0 spiro atoms. The molecular weight excluding hydrogens is 341 g/mol. The monoisotopic (exact) mass is 361 g/mol. The van der Waals surface area contributed by atoms with Crippen LogP contribution in [0.4, 0.5) is 4.39 Å². The molecule has 1 amide bonds. The average Bonchev–Trinajstić information content (AvgIpc) is 3.21. The number of fused-ring (bicyclic) bond motifs is 1. The van der Waals surface area contributed by atoms with Crippen molar-refractivity contribution in [2.75, 3.05) is 0 Å². The number of nitrogens with zero attached hydrogens (tertiary/aromatic N) is 2. The maximum atomic E-state index is 13.2. The summed E-state index contributed by atoms with van der Waals surface area (Å²) in [6, 6.07) is 16.2. The van der Waals surface area contributed by atoms with Gasteiger partial charge in [0.05, 0.1) is 11.3 Å². The lowest BCUT2D eigenvalue weighted by atomic mass is 10.1. The predicted molar refractivity (Wildman–Crippen MR) is 104 cm³/mol. The van der Waals surface area contributed by atoms with Crippen LogP contribution in [0.2, 0.25) is 0 Å². The lowest BCUT2D eigenvalue weighted by Crippen LogP contribution is -2.20. The Kier molecular flexibility index (Phi) is 4.36. The van der Waals surface area contributed by atoms with Gasteiger partial charge in [0.2, 0.25) is 0 Å². The molecule has 4 nitrogen and oxygen atoms in total. The van der Waals surface area contributed by atoms with Crippen molar-refractivity contribution in [2.45, 2.75) is 26.7 Å². The first kappa shape index (κ1) is 17.2. The van der Waals surface area contributed by atoms with E-state index in [4.69, 9.17) is 0 Å². The van der Waals surface area contributed by atoms with Gasteiger partial charge < -0.3 is 4.57 Å². The standard InChI is InChI=1S/C22H20FN3O/c1-14-13-20(15(2)26(14)18-10-8-17(23)9-11-18)22(27)25-24-21-12-7-16-5-3-4-6-19(16)21/h3-6,8-11,13H,7,12H2,1-2H3,(H,25,27). The SMILES string of the molecule is Cc1cc(C(=O)NN=C2CCc3ccccc32)c(C)n1-c1ccc(F)cc1. The van der Waals surface area contributed by atoms with E-state index in [1.165, 1.54) is 17.7 Å². The molecule has 0 unspecified atom stereocenters. The van der Waals surface area contributed by atoms with Crippen molar-refractivity contribution in [3.05, 3.63) is 88.5 Å². The van der Waals surface area contributed by atoms with E-state index in [1.54, 1.807) is 12.1 Å². The lowest BCUT2D eigenvalue weighted by molar-refractivity contribution is 0.0954. The van der Waals surface area contributed by atoms with Gasteiger partial charge in [-0.2, -0.15) is 5.10 Å². The van der Waals surface area contributed by atoms with Crippen LogP contribution in [0.1, 0.15) is 39.3 Å². The Morgan fingerprint density at radius 1 is 1.07 bits per heavy atom. The fourth-order valence-electron chi connectivity index (χ4n) is 3.68. The molecular formula is C22H20FN3O. The first-order valence-corrected chi connectivity index (χ1v) is 8.94. The average molecular weight is 361 g/mol. The predicted octanol–water partition coefficient (Wildman–Crippen LogP) is 4.31. The van der Waals surface area contributed by atoms with Gasteiger partial charge in [0, 0.05) is 22.6 Å². The van der Waals surface area contributed by atoms with Gasteiger partial charge in [-0.15, -0.1) is 0 Å². The van der Waals surface area contributed by atoms with E-state index >= 15 is 0 Å². The van der Waals surface area contributed by atoms with E-state index in [9.17, 15) is 9.18 Å². The summed E-state index contributed by atoms with van der Waals surface area (Å²) in [7, 11) is 0. The maximum Gasteiger partial charge on any atom is 0.273 e. The van der Waals surface area contributed by atoms with Crippen molar-refractivity contribution in [2.24, 2.45) is 5.10 Å². The lowest BCUT2D eigenvalue weighted by Gasteiger charge is -2.09. The minimum absolute atomic E-state index is 0.242. The first-order chi connectivity index (χ1) is 13.0. The van der Waals surface area contributed by atoms with Crippen LogP contribution in [-0.4, -0.2) is 16.2 Å². The molecule has 1 aliphatic carbocycles. The highest BCUT2D eigenvalue weighted by Gasteiger charge is 2.19. The van der Waals surface area contributed by atoms with Gasteiger partial charge in [-0.05, 0) is 62.6 Å². The fourth-order valence-corrected chi connectivity index (χ4v) is 3.68. The van der Waals surface area contributed by atoms with Crippen LogP contribution in [-0.2, 0) is 6.42 Å². The zero-order chi connectivity index (χ0) is 19.0. The number of amides is 1. The van der Waals surface area contributed by atoms with Crippen molar-refractivity contribution < 1.29 is 9.18 Å². The molecule has 27 heavy (non-hydrogen) atoms. The summed E-state index contributed by atoms with van der Waals surface area (Å²) in [5.74, 6) is -0.528. The summed E-state index contributed by atoms with van der Waals surface area (Å²) in [5.41, 5.74) is 9.06. The maximum absolute atomic E-state index is 13.2. The summed E-state index contributed by atoms with van der Waals surface area (Å²) in [6.07, 6.45) is 1.78. The zero-order valence-electron chi connectivity index (χ0n) is 15.3. The molecule has 0 fully saturated rings. The van der Waals surface area contributed by atoms with Crippen LogP contribution < -0.4 is 5.43 Å². The van der Waals surface area contributed by atoms with Gasteiger partial charge >= 0.3 is 0 Å². The molecule has 1 heterocycles. The third-order valence-corrected chi connectivity index (χ3v) is 5.01. The highest BCUT2D eigenvalue weighted by Crippen LogP contribution is 2.23. The first-order valence-electron chi connectivity index (χ1n) is 8.94. The third kappa shape index (κ3) is 3.16. The van der Waals surface area contributed by atoms with Gasteiger partial charge in [-0.1, -0.05) is 24.3 Å². The molecule has 3 aromatic rings. The molecule has 5 heteroatoms. The van der Waals surface area contributed by atoms with Crippen LogP contribution in [0.25, 0.3) is 5.69 Å². The second-order valence-corrected chi connectivity index (χ2v) is 6.75. The number of carbonyl (C=O) groups is 1. The molecule has 0 atom stereocenters. The van der Waals surface area contributed by atoms with Crippen LogP contribution >= 0.6 is 0 Å². The Hall–Kier alpha value is -3.21. The number of rotatable bonds is 3. The van der Waals surface area contributed by atoms with E-state index < -0.39 is 0 Å². The molecule has 1 aliphatic rings. The fraction of sp³-hybridized carbons (Fsp3) is 0.182. The topological polar surface area (TPSA) is 46.4 Å². The van der Waals surface area contributed by atoms with E-state index in [2.05, 4.69) is 16.6 Å². The molecule has 1 aromatic heterocycles. The number of aromatic nitrogens is 1. The highest BCUT2D eigenvalue weighted by atomic mass is 19.1. The van der Waals surface area contributed by atoms with E-state index in [0.29, 0.717) is 5.56 Å². The summed E-state index contributed by atoms with van der Waals surface area (Å²) in [4.78, 5) is 12.7. The second-order valence-electron chi connectivity index (χ2n) is 6.75. The van der Waals surface area contributed by atoms with Gasteiger partial charge in [-0.25, -0.2) is 9.82 Å². The zero-order valence-corrected chi connectivity index (χ0v) is 15.3. The van der Waals surface area contributed by atoms with E-state index in [1.807, 2.05) is 42.7 Å². The minimum atomic E-state index is -0.285. The van der Waals surface area contributed by atoms with Crippen LogP contribution in [0, 0.1) is 19.7 Å². The molecule has 1 N–H and O–H groups in total. The Morgan fingerprint density at radius 3 is 2.59 bits per heavy atom. The summed E-state index contributed by atoms with van der Waals surface area (Å²) in [6.45, 7) is 3.80. The normalized spacial score (nSPS) is 14.4. The van der Waals surface area contributed by atoms with Gasteiger partial charge in [0.1, 0.15) is 5.82 Å². The summed E-state index contributed by atoms with van der Waals surface area (Å²) >= 11 is 0. The second kappa shape index (κ2) is 6.83. The molecule has 0 bridgehead atoms. The Balaban J connectivity index is 1.59. The summed E-state index contributed by atoms with van der Waals surface area (Å²) in [5, 5.41) is 4.36. The number of nitrogens with one attached hydrogen (secondary N) is 1. The smallest absolute Gasteiger partial charge is 0.273 e. The van der Waals surface area contributed by atoms with Gasteiger partial charge in [0.15, 0.2) is 0 Å². The number of hydrogen-bond acceptors (Lipinski definition) is 2. The number of hydrazone groups is 1. The van der Waals surface area contributed by atoms with Gasteiger partial charge in [0.25, 0.3) is 5.91 Å². The molecule has 4 rings (SSSR count). The van der Waals surface area contributed by atoms with Crippen LogP contribution in [0.15, 0.2) is 59.7 Å². The number of carbonyl (C=O) groups excluding carboxylic acids is 1. The van der Waals surface area contributed by atoms with Crippen molar-refractivity contribution >= 4 is 11.6 Å². The number of benzene rings is 2. The van der Waals surface area contributed by atoms with Crippen molar-refractivity contribution in [1.29, 1.82) is 0 Å². The van der Waals surface area contributed by atoms with Crippen LogP contribution in [0.5, 0.6) is 0 Å². The number of halogens is 1. The van der Waals surface area contributed by atoms with Crippen molar-refractivity contribution in [3.8, 4) is 5.69 Å². The van der Waals surface area contributed by atoms with Crippen molar-refractivity contribution in [3.63, 3.8) is 0 Å². The minimum Gasteiger partial charge on any atom is -0.318 e. The molecule has 0 saturated heterocycles. The summed E-state index contributed by atoms with van der Waals surface area (Å²) < 4.78 is 15.1. The van der Waals surface area contributed by atoms with Crippen molar-refractivity contribution in [1.82, 2.24) is 9.99 Å². The quantitative estimate of drug-likeness (QED) is 0.694. The largest absolute Gasteiger partial charge is 0.318 e. The molecule has 0 radical (unpaired) electrons. The van der Waals surface area contributed by atoms with E-state index in [0.717, 1.165) is 41.2 Å². The van der Waals surface area contributed by atoms with E-state index in [-0.39, 0.29) is 11.7 Å². The number of aryl methyl sites for hydroxylation is 2.